The van der Waals surface area contributed by atoms with E-state index in [-0.39, 0.29) is 29.4 Å². The Balaban J connectivity index is 2.25. The van der Waals surface area contributed by atoms with Crippen molar-refractivity contribution in [3.05, 3.63) is 44.4 Å². The number of hydrogen-bond donors (Lipinski definition) is 2. The SMILES string of the molecule is CS(=O)(=O)c1ccc(NCc2nc(CO)cs2)c([N+](=O)[O-])c1. The second-order valence-electron chi connectivity index (χ2n) is 4.45. The topological polar surface area (TPSA) is 122 Å². The van der Waals surface area contributed by atoms with Gasteiger partial charge in [0, 0.05) is 17.7 Å². The van der Waals surface area contributed by atoms with Crippen LogP contribution in [0.1, 0.15) is 10.7 Å². The van der Waals surface area contributed by atoms with Crippen LogP contribution in [-0.4, -0.2) is 29.7 Å². The number of benzene rings is 1. The van der Waals surface area contributed by atoms with Crippen LogP contribution in [0.25, 0.3) is 0 Å². The second-order valence-corrected chi connectivity index (χ2v) is 7.41. The summed E-state index contributed by atoms with van der Waals surface area (Å²) in [6.45, 7) is 0.0728. The second kappa shape index (κ2) is 6.38. The Labute approximate surface area is 130 Å². The highest BCUT2D eigenvalue weighted by Crippen LogP contribution is 2.28. The molecule has 0 amide bonds. The molecule has 2 aromatic rings. The molecule has 118 valence electrons. The number of aliphatic hydroxyl groups excluding tert-OH is 1. The van der Waals surface area contributed by atoms with E-state index in [1.54, 1.807) is 5.38 Å². The predicted octanol–water partition coefficient (Wildman–Crippen LogP) is 1.56. The number of nitrogens with zero attached hydrogens (tertiary/aromatic N) is 2. The first-order chi connectivity index (χ1) is 10.3. The van der Waals surface area contributed by atoms with Gasteiger partial charge in [-0.15, -0.1) is 11.3 Å². The van der Waals surface area contributed by atoms with Crippen molar-refractivity contribution < 1.29 is 18.4 Å². The molecule has 10 heteroatoms. The van der Waals surface area contributed by atoms with Crippen molar-refractivity contribution in [2.24, 2.45) is 0 Å². The van der Waals surface area contributed by atoms with E-state index in [2.05, 4.69) is 10.3 Å². The molecule has 0 aliphatic carbocycles. The molecule has 0 radical (unpaired) electrons. The molecule has 0 saturated carbocycles. The van der Waals surface area contributed by atoms with Crippen LogP contribution in [0.3, 0.4) is 0 Å². The fraction of sp³-hybridized carbons (Fsp3) is 0.250. The minimum Gasteiger partial charge on any atom is -0.390 e. The molecule has 1 heterocycles. The maximum Gasteiger partial charge on any atom is 0.293 e. The zero-order valence-electron chi connectivity index (χ0n) is 11.5. The lowest BCUT2D eigenvalue weighted by molar-refractivity contribution is -0.384. The van der Waals surface area contributed by atoms with Crippen molar-refractivity contribution in [1.82, 2.24) is 4.98 Å². The van der Waals surface area contributed by atoms with Crippen LogP contribution in [0.5, 0.6) is 0 Å². The number of nitro benzene ring substituents is 1. The maximum atomic E-state index is 11.5. The Bertz CT molecular complexity index is 801. The molecular weight excluding hydrogens is 330 g/mol. The standard InChI is InChI=1S/C12H13N3O5S2/c1-22(19,20)9-2-3-10(11(4-9)15(17)18)13-5-12-14-8(6-16)7-21-12/h2-4,7,13,16H,5-6H2,1H3. The van der Waals surface area contributed by atoms with Gasteiger partial charge in [0.25, 0.3) is 5.69 Å². The lowest BCUT2D eigenvalue weighted by Gasteiger charge is -2.07. The number of sulfone groups is 1. The van der Waals surface area contributed by atoms with Gasteiger partial charge in [0.05, 0.1) is 28.7 Å². The molecule has 0 spiro atoms. The molecule has 0 unspecified atom stereocenters. The highest BCUT2D eigenvalue weighted by molar-refractivity contribution is 7.90. The molecule has 0 bridgehead atoms. The maximum absolute atomic E-state index is 11.5. The zero-order chi connectivity index (χ0) is 16.3. The van der Waals surface area contributed by atoms with Crippen LogP contribution in [0.15, 0.2) is 28.5 Å². The predicted molar refractivity (Wildman–Crippen MR) is 81.6 cm³/mol. The van der Waals surface area contributed by atoms with Gasteiger partial charge in [-0.2, -0.15) is 0 Å². The van der Waals surface area contributed by atoms with E-state index in [1.165, 1.54) is 23.5 Å². The molecule has 0 fully saturated rings. The first kappa shape index (κ1) is 16.3. The largest absolute Gasteiger partial charge is 0.390 e. The van der Waals surface area contributed by atoms with Crippen LogP contribution < -0.4 is 5.32 Å². The van der Waals surface area contributed by atoms with Gasteiger partial charge in [0.15, 0.2) is 9.84 Å². The molecular formula is C12H13N3O5S2. The summed E-state index contributed by atoms with van der Waals surface area (Å²) >= 11 is 1.32. The number of aliphatic hydroxyl groups is 1. The van der Waals surface area contributed by atoms with Gasteiger partial charge in [0.1, 0.15) is 10.7 Å². The molecule has 1 aromatic heterocycles. The van der Waals surface area contributed by atoms with Gasteiger partial charge in [-0.1, -0.05) is 0 Å². The number of thiazole rings is 1. The first-order valence-electron chi connectivity index (χ1n) is 6.08. The molecule has 0 saturated heterocycles. The van der Waals surface area contributed by atoms with E-state index >= 15 is 0 Å². The Kier molecular flexibility index (Phi) is 4.74. The van der Waals surface area contributed by atoms with E-state index in [0.29, 0.717) is 10.7 Å². The third-order valence-corrected chi connectivity index (χ3v) is 4.79. The number of rotatable bonds is 6. The van der Waals surface area contributed by atoms with Crippen molar-refractivity contribution in [1.29, 1.82) is 0 Å². The van der Waals surface area contributed by atoms with Crippen molar-refractivity contribution >= 4 is 32.5 Å². The molecule has 0 aliphatic rings. The van der Waals surface area contributed by atoms with Gasteiger partial charge in [-0.05, 0) is 12.1 Å². The van der Waals surface area contributed by atoms with Crippen LogP contribution in [0.4, 0.5) is 11.4 Å². The van der Waals surface area contributed by atoms with E-state index < -0.39 is 14.8 Å². The molecule has 2 N–H and O–H groups in total. The lowest BCUT2D eigenvalue weighted by atomic mass is 10.2. The van der Waals surface area contributed by atoms with E-state index in [9.17, 15) is 18.5 Å². The molecule has 1 aromatic carbocycles. The smallest absolute Gasteiger partial charge is 0.293 e. The van der Waals surface area contributed by atoms with E-state index in [4.69, 9.17) is 5.11 Å². The van der Waals surface area contributed by atoms with Crippen LogP contribution >= 0.6 is 11.3 Å². The highest BCUT2D eigenvalue weighted by Gasteiger charge is 2.18. The summed E-state index contributed by atoms with van der Waals surface area (Å²) in [4.78, 5) is 14.5. The summed E-state index contributed by atoms with van der Waals surface area (Å²) in [5.74, 6) is 0. The Hall–Kier alpha value is -2.04. The van der Waals surface area contributed by atoms with Gasteiger partial charge < -0.3 is 10.4 Å². The Morgan fingerprint density at radius 1 is 1.45 bits per heavy atom. The van der Waals surface area contributed by atoms with Crippen molar-refractivity contribution in [3.8, 4) is 0 Å². The van der Waals surface area contributed by atoms with Crippen molar-refractivity contribution in [2.75, 3.05) is 11.6 Å². The quantitative estimate of drug-likeness (QED) is 0.602. The van der Waals surface area contributed by atoms with Crippen LogP contribution in [0.2, 0.25) is 0 Å². The van der Waals surface area contributed by atoms with Gasteiger partial charge in [-0.3, -0.25) is 10.1 Å². The van der Waals surface area contributed by atoms with Crippen LogP contribution in [0, 0.1) is 10.1 Å². The summed E-state index contributed by atoms with van der Waals surface area (Å²) in [6.07, 6.45) is 0.991. The van der Waals surface area contributed by atoms with Gasteiger partial charge in [-0.25, -0.2) is 13.4 Å². The van der Waals surface area contributed by atoms with E-state index in [1.807, 2.05) is 0 Å². The van der Waals surface area contributed by atoms with E-state index in [0.717, 1.165) is 12.3 Å². The zero-order valence-corrected chi connectivity index (χ0v) is 13.1. The monoisotopic (exact) mass is 343 g/mol. The summed E-state index contributed by atoms with van der Waals surface area (Å²) in [5.41, 5.74) is 0.420. The Morgan fingerprint density at radius 2 is 2.18 bits per heavy atom. The molecule has 8 nitrogen and oxygen atoms in total. The third kappa shape index (κ3) is 3.78. The minimum absolute atomic E-state index is 0.110. The number of anilines is 1. The summed E-state index contributed by atoms with van der Waals surface area (Å²) < 4.78 is 22.9. The molecule has 0 atom stereocenters. The highest BCUT2D eigenvalue weighted by atomic mass is 32.2. The summed E-state index contributed by atoms with van der Waals surface area (Å²) in [5, 5.41) is 25.2. The van der Waals surface area contributed by atoms with Crippen molar-refractivity contribution in [2.45, 2.75) is 18.0 Å². The summed E-state index contributed by atoms with van der Waals surface area (Å²) in [7, 11) is -3.51. The first-order valence-corrected chi connectivity index (χ1v) is 8.85. The molecule has 2 rings (SSSR count). The number of hydrogen-bond acceptors (Lipinski definition) is 8. The normalized spacial score (nSPS) is 11.4. The average molecular weight is 343 g/mol. The third-order valence-electron chi connectivity index (χ3n) is 2.79. The fourth-order valence-electron chi connectivity index (χ4n) is 1.72. The number of nitro groups is 1. The molecule has 0 aliphatic heterocycles. The number of aromatic nitrogens is 1. The minimum atomic E-state index is -3.51. The number of nitrogens with one attached hydrogen (secondary N) is 1. The van der Waals surface area contributed by atoms with Gasteiger partial charge >= 0.3 is 0 Å². The molecule has 22 heavy (non-hydrogen) atoms. The summed E-state index contributed by atoms with van der Waals surface area (Å²) in [6, 6.07) is 3.69. The average Bonchev–Trinajstić information content (AvgIpc) is 2.91. The fourth-order valence-corrected chi connectivity index (χ4v) is 3.08. The Morgan fingerprint density at radius 3 is 2.73 bits per heavy atom. The van der Waals surface area contributed by atoms with Crippen LogP contribution in [-0.2, 0) is 23.0 Å². The van der Waals surface area contributed by atoms with Crippen molar-refractivity contribution in [3.63, 3.8) is 0 Å². The lowest BCUT2D eigenvalue weighted by Crippen LogP contribution is -2.05. The van der Waals surface area contributed by atoms with Gasteiger partial charge in [0.2, 0.25) is 0 Å².